The van der Waals surface area contributed by atoms with E-state index in [9.17, 15) is 9.59 Å². The molecule has 2 amide bonds. The van der Waals surface area contributed by atoms with Crippen molar-refractivity contribution >= 4 is 51.6 Å². The molecule has 1 aromatic rings. The van der Waals surface area contributed by atoms with Crippen molar-refractivity contribution in [3.05, 3.63) is 26.6 Å². The maximum atomic E-state index is 11.7. The topological polar surface area (TPSA) is 50.5 Å². The predicted octanol–water partition coefficient (Wildman–Crippen LogP) is 2.94. The molecule has 0 unspecified atom stereocenters. The van der Waals surface area contributed by atoms with E-state index in [4.69, 9.17) is 4.42 Å². The van der Waals surface area contributed by atoms with Crippen molar-refractivity contribution in [2.45, 2.75) is 6.92 Å². The van der Waals surface area contributed by atoms with Gasteiger partial charge in [-0.1, -0.05) is 0 Å². The third-order valence-electron chi connectivity index (χ3n) is 2.06. The van der Waals surface area contributed by atoms with Crippen LogP contribution in [0.25, 0.3) is 6.08 Å². The number of imide groups is 1. The van der Waals surface area contributed by atoms with Crippen LogP contribution in [0.15, 0.2) is 21.5 Å². The van der Waals surface area contributed by atoms with Crippen LogP contribution in [0.5, 0.6) is 0 Å². The molecule has 84 valence electrons. The molecule has 2 heterocycles. The lowest BCUT2D eigenvalue weighted by molar-refractivity contribution is -0.122. The van der Waals surface area contributed by atoms with Crippen molar-refractivity contribution in [1.82, 2.24) is 4.90 Å². The van der Waals surface area contributed by atoms with E-state index in [0.717, 1.165) is 15.5 Å². The summed E-state index contributed by atoms with van der Waals surface area (Å²) in [7, 11) is 0. The molecule has 0 bridgehead atoms. The number of rotatable bonds is 2. The van der Waals surface area contributed by atoms with Crippen molar-refractivity contribution in [1.29, 1.82) is 0 Å². The summed E-state index contributed by atoms with van der Waals surface area (Å²) in [6, 6.07) is 3.57. The van der Waals surface area contributed by atoms with Gasteiger partial charge in [0.2, 0.25) is 0 Å². The van der Waals surface area contributed by atoms with E-state index < -0.39 is 0 Å². The number of carbonyl (C=O) groups is 2. The highest BCUT2D eigenvalue weighted by atomic mass is 127. The van der Waals surface area contributed by atoms with Gasteiger partial charge in [0.05, 0.1) is 4.91 Å². The van der Waals surface area contributed by atoms with E-state index in [1.54, 1.807) is 25.1 Å². The molecular formula is C10H8INO3S. The molecule has 16 heavy (non-hydrogen) atoms. The summed E-state index contributed by atoms with van der Waals surface area (Å²) in [6.07, 6.45) is 1.60. The summed E-state index contributed by atoms with van der Waals surface area (Å²) >= 11 is 2.99. The average Bonchev–Trinajstić information content (AvgIpc) is 2.74. The quantitative estimate of drug-likeness (QED) is 0.609. The highest BCUT2D eigenvalue weighted by Crippen LogP contribution is 2.32. The Morgan fingerprint density at radius 3 is 2.75 bits per heavy atom. The standard InChI is InChI=1S/C10H8INO3S/c1-2-12-9(13)7(16-10(12)14)5-6-3-4-8(11)15-6/h3-5H,2H2,1H3/b7-5-. The minimum atomic E-state index is -0.246. The zero-order chi connectivity index (χ0) is 11.7. The van der Waals surface area contributed by atoms with Gasteiger partial charge >= 0.3 is 0 Å². The molecule has 2 rings (SSSR count). The van der Waals surface area contributed by atoms with Gasteiger partial charge in [-0.3, -0.25) is 14.5 Å². The van der Waals surface area contributed by atoms with Crippen LogP contribution < -0.4 is 0 Å². The third kappa shape index (κ3) is 2.17. The van der Waals surface area contributed by atoms with Gasteiger partial charge < -0.3 is 4.42 Å². The maximum absolute atomic E-state index is 11.7. The predicted molar refractivity (Wildman–Crippen MR) is 69.8 cm³/mol. The van der Waals surface area contributed by atoms with Crippen LogP contribution in [0.2, 0.25) is 0 Å². The fourth-order valence-electron chi connectivity index (χ4n) is 1.31. The normalized spacial score (nSPS) is 18.9. The molecule has 0 saturated carbocycles. The number of halogens is 1. The third-order valence-corrected chi connectivity index (χ3v) is 3.54. The molecule has 6 heteroatoms. The molecule has 0 atom stereocenters. The summed E-state index contributed by atoms with van der Waals surface area (Å²) in [6.45, 7) is 2.17. The largest absolute Gasteiger partial charge is 0.451 e. The Hall–Kier alpha value is -0.760. The monoisotopic (exact) mass is 349 g/mol. The Bertz CT molecular complexity index is 480. The summed E-state index contributed by atoms with van der Waals surface area (Å²) < 4.78 is 6.06. The second-order valence-electron chi connectivity index (χ2n) is 3.07. The molecule has 1 aliphatic rings. The first-order valence-electron chi connectivity index (χ1n) is 4.62. The van der Waals surface area contributed by atoms with Crippen LogP contribution >= 0.6 is 34.4 Å². The van der Waals surface area contributed by atoms with Gasteiger partial charge in [-0.2, -0.15) is 0 Å². The van der Waals surface area contributed by atoms with Crippen LogP contribution in [0, 0.1) is 3.77 Å². The molecule has 1 saturated heterocycles. The summed E-state index contributed by atoms with van der Waals surface area (Å²) in [5.41, 5.74) is 0. The SMILES string of the molecule is CCN1C(=O)S/C(=C\c2ccc(I)o2)C1=O. The van der Waals surface area contributed by atoms with Crippen molar-refractivity contribution in [3.8, 4) is 0 Å². The van der Waals surface area contributed by atoms with Gasteiger partial charge in [0.25, 0.3) is 11.1 Å². The van der Waals surface area contributed by atoms with E-state index in [1.807, 2.05) is 22.6 Å². The maximum Gasteiger partial charge on any atom is 0.293 e. The number of amides is 2. The zero-order valence-electron chi connectivity index (χ0n) is 8.40. The van der Waals surface area contributed by atoms with Crippen LogP contribution in [0.4, 0.5) is 4.79 Å². The van der Waals surface area contributed by atoms with Gasteiger partial charge in [0.1, 0.15) is 5.76 Å². The van der Waals surface area contributed by atoms with Crippen molar-refractivity contribution in [3.63, 3.8) is 0 Å². The summed E-state index contributed by atoms with van der Waals surface area (Å²) in [4.78, 5) is 24.8. The number of hydrogen-bond donors (Lipinski definition) is 0. The lowest BCUT2D eigenvalue weighted by Crippen LogP contribution is -2.27. The van der Waals surface area contributed by atoms with E-state index in [1.165, 1.54) is 4.90 Å². The van der Waals surface area contributed by atoms with Crippen molar-refractivity contribution in [2.75, 3.05) is 6.54 Å². The molecule has 0 radical (unpaired) electrons. The fourth-order valence-corrected chi connectivity index (χ4v) is 2.62. The Labute approximate surface area is 110 Å². The molecule has 0 aliphatic carbocycles. The molecule has 1 aromatic heterocycles. The summed E-state index contributed by atoms with van der Waals surface area (Å²) in [5.74, 6) is 0.343. The number of furan rings is 1. The Morgan fingerprint density at radius 2 is 2.25 bits per heavy atom. The highest BCUT2D eigenvalue weighted by Gasteiger charge is 2.33. The highest BCUT2D eigenvalue weighted by molar-refractivity contribution is 14.1. The van der Waals surface area contributed by atoms with Crippen LogP contribution in [-0.4, -0.2) is 22.6 Å². The first-order chi connectivity index (χ1) is 7.61. The number of carbonyl (C=O) groups excluding carboxylic acids is 2. The van der Waals surface area contributed by atoms with Crippen molar-refractivity contribution < 1.29 is 14.0 Å². The Balaban J connectivity index is 2.27. The van der Waals surface area contributed by atoms with Gasteiger partial charge in [0, 0.05) is 12.6 Å². The van der Waals surface area contributed by atoms with E-state index >= 15 is 0 Å². The Morgan fingerprint density at radius 1 is 1.50 bits per heavy atom. The van der Waals surface area contributed by atoms with E-state index in [-0.39, 0.29) is 11.1 Å². The zero-order valence-corrected chi connectivity index (χ0v) is 11.4. The lowest BCUT2D eigenvalue weighted by atomic mass is 10.3. The molecule has 4 nitrogen and oxygen atoms in total. The van der Waals surface area contributed by atoms with Gasteiger partial charge in [-0.15, -0.1) is 0 Å². The van der Waals surface area contributed by atoms with E-state index in [0.29, 0.717) is 17.2 Å². The van der Waals surface area contributed by atoms with Crippen LogP contribution in [-0.2, 0) is 4.79 Å². The van der Waals surface area contributed by atoms with Gasteiger partial charge in [0.15, 0.2) is 3.77 Å². The minimum Gasteiger partial charge on any atom is -0.451 e. The molecule has 0 aromatic carbocycles. The lowest BCUT2D eigenvalue weighted by Gasteiger charge is -2.06. The molecule has 1 fully saturated rings. The molecule has 1 aliphatic heterocycles. The van der Waals surface area contributed by atoms with Crippen molar-refractivity contribution in [2.24, 2.45) is 0 Å². The second kappa shape index (κ2) is 4.62. The fraction of sp³-hybridized carbons (Fsp3) is 0.200. The molecule has 0 spiro atoms. The van der Waals surface area contributed by atoms with E-state index in [2.05, 4.69) is 0 Å². The molecular weight excluding hydrogens is 341 g/mol. The molecule has 0 N–H and O–H groups in total. The first-order valence-corrected chi connectivity index (χ1v) is 6.52. The van der Waals surface area contributed by atoms with Gasteiger partial charge in [-0.25, -0.2) is 0 Å². The number of nitrogens with zero attached hydrogens (tertiary/aromatic N) is 1. The van der Waals surface area contributed by atoms with Crippen LogP contribution in [0.1, 0.15) is 12.7 Å². The first kappa shape index (κ1) is 11.7. The average molecular weight is 349 g/mol. The smallest absolute Gasteiger partial charge is 0.293 e. The number of thioether (sulfide) groups is 1. The van der Waals surface area contributed by atoms with Crippen LogP contribution in [0.3, 0.4) is 0 Å². The second-order valence-corrected chi connectivity index (χ2v) is 5.12. The summed E-state index contributed by atoms with van der Waals surface area (Å²) in [5, 5.41) is -0.222. The minimum absolute atomic E-state index is 0.222. The van der Waals surface area contributed by atoms with Gasteiger partial charge in [-0.05, 0) is 53.4 Å². The number of hydrogen-bond acceptors (Lipinski definition) is 4. The Kier molecular flexibility index (Phi) is 3.38. The number of likely N-dealkylation sites (N-methyl/N-ethyl adjacent to an activating group) is 1.